The number of carbonyl (C=O) groups excluding carboxylic acids is 1. The highest BCUT2D eigenvalue weighted by Crippen LogP contribution is 2.32. The van der Waals surface area contributed by atoms with E-state index in [9.17, 15) is 4.79 Å². The summed E-state index contributed by atoms with van der Waals surface area (Å²) in [6.07, 6.45) is 8.34. The first-order valence-electron chi connectivity index (χ1n) is 12.0. The van der Waals surface area contributed by atoms with E-state index in [4.69, 9.17) is 4.98 Å². The molecule has 0 spiro atoms. The van der Waals surface area contributed by atoms with E-state index >= 15 is 0 Å². The average molecular weight is 480 g/mol. The number of imidazole rings is 1. The Morgan fingerprint density at radius 2 is 1.91 bits per heavy atom. The van der Waals surface area contributed by atoms with Crippen molar-refractivity contribution in [1.29, 1.82) is 0 Å². The van der Waals surface area contributed by atoms with E-state index in [-0.39, 0.29) is 5.91 Å². The standard InChI is InChI=1S/C23H27N7OS.C2H6/c1-14(16-3-4-16)28-29-15(2)25-23-27-21(13-20-24-11-12-30(20)23)32-19-9-5-17(6-10-19)22(31)26-18-7-8-18;1-2/h5-6,9-14,16,18,28H,3-4,7-8H2,1-2H3,(H,26,31)(H,25,27,29);1-2H3. The number of hydrogen-bond acceptors (Lipinski definition) is 6. The summed E-state index contributed by atoms with van der Waals surface area (Å²) in [7, 11) is 0. The number of aliphatic imine (C=N–C) groups is 1. The Labute approximate surface area is 205 Å². The smallest absolute Gasteiger partial charge is 0.251 e. The molecule has 34 heavy (non-hydrogen) atoms. The molecule has 9 heteroatoms. The van der Waals surface area contributed by atoms with Crippen LogP contribution in [0.1, 0.15) is 63.7 Å². The number of nitrogens with zero attached hydrogens (tertiary/aromatic N) is 4. The van der Waals surface area contributed by atoms with Crippen molar-refractivity contribution < 1.29 is 4.79 Å². The first kappa shape index (κ1) is 24.2. The predicted octanol–water partition coefficient (Wildman–Crippen LogP) is 4.74. The van der Waals surface area contributed by atoms with Crippen LogP contribution in [0.4, 0.5) is 5.95 Å². The Bertz CT molecular complexity index is 1150. The number of fused-ring (bicyclic) bond motifs is 1. The van der Waals surface area contributed by atoms with E-state index in [0.717, 1.165) is 40.2 Å². The Morgan fingerprint density at radius 3 is 2.59 bits per heavy atom. The van der Waals surface area contributed by atoms with Crippen LogP contribution in [0.3, 0.4) is 0 Å². The third-order valence-corrected chi connectivity index (χ3v) is 6.60. The number of benzene rings is 1. The van der Waals surface area contributed by atoms with Crippen molar-refractivity contribution >= 4 is 35.1 Å². The molecule has 0 aliphatic heterocycles. The van der Waals surface area contributed by atoms with Gasteiger partial charge in [0.2, 0.25) is 5.95 Å². The Hall–Kier alpha value is -2.91. The van der Waals surface area contributed by atoms with Gasteiger partial charge in [0.25, 0.3) is 5.91 Å². The largest absolute Gasteiger partial charge is 0.349 e. The van der Waals surface area contributed by atoms with Crippen LogP contribution in [0.5, 0.6) is 0 Å². The van der Waals surface area contributed by atoms with E-state index in [0.29, 0.717) is 23.6 Å². The van der Waals surface area contributed by atoms with Crippen molar-refractivity contribution in [3.8, 4) is 0 Å². The average Bonchev–Trinajstić information content (AvgIpc) is 3.78. The molecular weight excluding hydrogens is 446 g/mol. The van der Waals surface area contributed by atoms with Crippen molar-refractivity contribution in [2.24, 2.45) is 10.9 Å². The molecule has 3 aromatic rings. The summed E-state index contributed by atoms with van der Waals surface area (Å²) in [5, 5.41) is 3.81. The molecule has 2 aliphatic carbocycles. The number of carbonyl (C=O) groups is 1. The summed E-state index contributed by atoms with van der Waals surface area (Å²) in [6.45, 7) is 8.10. The van der Waals surface area contributed by atoms with Gasteiger partial charge in [0.1, 0.15) is 16.5 Å². The third kappa shape index (κ3) is 6.36. The summed E-state index contributed by atoms with van der Waals surface area (Å²) in [4.78, 5) is 27.0. The Kier molecular flexibility index (Phi) is 7.84. The minimum atomic E-state index is -0.00908. The lowest BCUT2D eigenvalue weighted by atomic mass is 10.2. The van der Waals surface area contributed by atoms with Crippen LogP contribution in [0, 0.1) is 5.92 Å². The number of aromatic nitrogens is 3. The summed E-state index contributed by atoms with van der Waals surface area (Å²) in [6, 6.07) is 10.3. The van der Waals surface area contributed by atoms with Crippen LogP contribution in [0.15, 0.2) is 57.6 Å². The third-order valence-electron chi connectivity index (χ3n) is 5.68. The van der Waals surface area contributed by atoms with E-state index in [1.54, 1.807) is 6.20 Å². The SMILES string of the molecule is C/C(=N\c1nc(Sc2ccc(C(=O)NC3CC3)cc2)cc2nccn12)NNC(C)C1CC1.CC. The molecule has 2 fully saturated rings. The molecule has 1 atom stereocenters. The van der Waals surface area contributed by atoms with Gasteiger partial charge in [0.05, 0.1) is 0 Å². The molecule has 5 rings (SSSR count). The molecule has 8 nitrogen and oxygen atoms in total. The van der Waals surface area contributed by atoms with Crippen LogP contribution in [0.2, 0.25) is 0 Å². The van der Waals surface area contributed by atoms with Gasteiger partial charge in [0, 0.05) is 41.0 Å². The van der Waals surface area contributed by atoms with Gasteiger partial charge >= 0.3 is 0 Å². The van der Waals surface area contributed by atoms with Gasteiger partial charge in [-0.1, -0.05) is 25.6 Å². The Morgan fingerprint density at radius 1 is 1.18 bits per heavy atom. The summed E-state index contributed by atoms with van der Waals surface area (Å²) >= 11 is 1.52. The summed E-state index contributed by atoms with van der Waals surface area (Å²) < 4.78 is 1.87. The quantitative estimate of drug-likeness (QED) is 0.187. The lowest BCUT2D eigenvalue weighted by Gasteiger charge is -2.14. The maximum atomic E-state index is 12.2. The van der Waals surface area contributed by atoms with Gasteiger partial charge in [0.15, 0.2) is 0 Å². The molecule has 2 heterocycles. The zero-order valence-corrected chi connectivity index (χ0v) is 21.0. The van der Waals surface area contributed by atoms with Crippen molar-refractivity contribution in [2.45, 2.75) is 75.4 Å². The van der Waals surface area contributed by atoms with Gasteiger partial charge in [-0.05, 0) is 69.7 Å². The predicted molar refractivity (Wildman–Crippen MR) is 137 cm³/mol. The van der Waals surface area contributed by atoms with Gasteiger partial charge in [-0.25, -0.2) is 15.4 Å². The second-order valence-electron chi connectivity index (χ2n) is 8.52. The number of amidine groups is 1. The zero-order valence-electron chi connectivity index (χ0n) is 20.2. The highest BCUT2D eigenvalue weighted by atomic mass is 32.2. The van der Waals surface area contributed by atoms with E-state index < -0.39 is 0 Å². The van der Waals surface area contributed by atoms with E-state index in [1.165, 1.54) is 24.6 Å². The second kappa shape index (κ2) is 11.0. The van der Waals surface area contributed by atoms with Gasteiger partial charge in [-0.2, -0.15) is 4.99 Å². The Balaban J connectivity index is 0.00000133. The van der Waals surface area contributed by atoms with Crippen molar-refractivity contribution in [2.75, 3.05) is 0 Å². The molecular formula is C25H33N7OS. The number of hydrazine groups is 1. The van der Waals surface area contributed by atoms with Crippen LogP contribution < -0.4 is 16.2 Å². The minimum absolute atomic E-state index is 0.00908. The maximum Gasteiger partial charge on any atom is 0.251 e. The lowest BCUT2D eigenvalue weighted by Crippen LogP contribution is -2.42. The summed E-state index contributed by atoms with van der Waals surface area (Å²) in [5.41, 5.74) is 7.98. The molecule has 0 radical (unpaired) electrons. The fourth-order valence-corrected chi connectivity index (χ4v) is 4.22. The molecule has 1 amide bonds. The molecule has 180 valence electrons. The number of nitrogens with one attached hydrogen (secondary N) is 3. The second-order valence-corrected chi connectivity index (χ2v) is 9.61. The molecule has 1 unspecified atom stereocenters. The molecule has 0 bridgehead atoms. The van der Waals surface area contributed by atoms with Crippen LogP contribution >= 0.6 is 11.8 Å². The fraction of sp³-hybridized carbons (Fsp3) is 0.440. The van der Waals surface area contributed by atoms with Crippen molar-refractivity contribution in [3.05, 3.63) is 48.3 Å². The molecule has 2 aromatic heterocycles. The lowest BCUT2D eigenvalue weighted by molar-refractivity contribution is 0.0951. The van der Waals surface area contributed by atoms with E-state index in [1.807, 2.05) is 61.7 Å². The highest BCUT2D eigenvalue weighted by Gasteiger charge is 2.27. The molecule has 2 aliphatic rings. The van der Waals surface area contributed by atoms with Crippen LogP contribution in [-0.4, -0.2) is 38.2 Å². The van der Waals surface area contributed by atoms with Gasteiger partial charge in [-0.15, -0.1) is 0 Å². The van der Waals surface area contributed by atoms with Gasteiger partial charge < -0.3 is 10.7 Å². The minimum Gasteiger partial charge on any atom is -0.349 e. The van der Waals surface area contributed by atoms with Crippen molar-refractivity contribution in [3.63, 3.8) is 0 Å². The zero-order chi connectivity index (χ0) is 24.1. The first-order valence-corrected chi connectivity index (χ1v) is 12.9. The number of amides is 1. The first-order chi connectivity index (χ1) is 16.5. The number of hydrogen-bond donors (Lipinski definition) is 3. The monoisotopic (exact) mass is 479 g/mol. The van der Waals surface area contributed by atoms with E-state index in [2.05, 4.69) is 33.1 Å². The van der Waals surface area contributed by atoms with Crippen molar-refractivity contribution in [1.82, 2.24) is 30.5 Å². The molecule has 0 saturated heterocycles. The highest BCUT2D eigenvalue weighted by molar-refractivity contribution is 7.99. The normalized spacial score (nSPS) is 16.5. The molecule has 2 saturated carbocycles. The summed E-state index contributed by atoms with van der Waals surface area (Å²) in [5.74, 6) is 2.05. The van der Waals surface area contributed by atoms with Crippen LogP contribution in [-0.2, 0) is 0 Å². The molecule has 1 aromatic carbocycles. The maximum absolute atomic E-state index is 12.2. The number of rotatable bonds is 8. The molecule has 3 N–H and O–H groups in total. The topological polar surface area (TPSA) is 95.7 Å². The van der Waals surface area contributed by atoms with Gasteiger partial charge in [-0.3, -0.25) is 9.20 Å². The fourth-order valence-electron chi connectivity index (χ4n) is 3.42. The van der Waals surface area contributed by atoms with Crippen LogP contribution in [0.25, 0.3) is 5.65 Å².